The van der Waals surface area contributed by atoms with Gasteiger partial charge in [-0.2, -0.15) is 0 Å². The first kappa shape index (κ1) is 12.4. The predicted molar refractivity (Wildman–Crippen MR) is 74.2 cm³/mol. The Bertz CT molecular complexity index is 503. The van der Waals surface area contributed by atoms with Gasteiger partial charge < -0.3 is 5.32 Å². The molecule has 0 amide bonds. The lowest BCUT2D eigenvalue weighted by atomic mass is 10.1. The molecule has 0 aromatic heterocycles. The van der Waals surface area contributed by atoms with E-state index in [0.717, 1.165) is 24.6 Å². The Balaban J connectivity index is 1.84. The van der Waals surface area contributed by atoms with E-state index < -0.39 is 0 Å². The van der Waals surface area contributed by atoms with Crippen molar-refractivity contribution in [2.24, 2.45) is 5.92 Å². The lowest BCUT2D eigenvalue weighted by Crippen LogP contribution is -2.31. The summed E-state index contributed by atoms with van der Waals surface area (Å²) in [4.78, 5) is 13.2. The Morgan fingerprint density at radius 3 is 2.89 bits per heavy atom. The Morgan fingerprint density at radius 1 is 1.47 bits per heavy atom. The molecule has 1 aliphatic heterocycles. The van der Waals surface area contributed by atoms with E-state index in [1.807, 2.05) is 6.07 Å². The molecule has 2 bridgehead atoms. The molecule has 3 rings (SSSR count). The maximum absolute atomic E-state index is 11.0. The third-order valence-electron chi connectivity index (χ3n) is 4.47. The molecule has 2 aliphatic rings. The fourth-order valence-corrected chi connectivity index (χ4v) is 3.60. The SMILES string of the molecule is CNc1c(CN2CC3CCC2C3)cccc1[N+](=O)[O-]. The summed E-state index contributed by atoms with van der Waals surface area (Å²) in [7, 11) is 1.75. The number of anilines is 1. The van der Waals surface area contributed by atoms with E-state index in [1.54, 1.807) is 19.2 Å². The van der Waals surface area contributed by atoms with E-state index in [-0.39, 0.29) is 10.6 Å². The van der Waals surface area contributed by atoms with Crippen molar-refractivity contribution in [1.82, 2.24) is 4.90 Å². The van der Waals surface area contributed by atoms with Crippen molar-refractivity contribution in [2.75, 3.05) is 18.9 Å². The van der Waals surface area contributed by atoms with E-state index in [2.05, 4.69) is 10.2 Å². The third kappa shape index (κ3) is 2.18. The first-order valence-electron chi connectivity index (χ1n) is 6.87. The van der Waals surface area contributed by atoms with Gasteiger partial charge in [0.25, 0.3) is 5.69 Å². The van der Waals surface area contributed by atoms with Crippen molar-refractivity contribution in [3.63, 3.8) is 0 Å². The van der Waals surface area contributed by atoms with Crippen molar-refractivity contribution < 1.29 is 4.92 Å². The van der Waals surface area contributed by atoms with Crippen LogP contribution >= 0.6 is 0 Å². The van der Waals surface area contributed by atoms with E-state index in [9.17, 15) is 10.1 Å². The van der Waals surface area contributed by atoms with Crippen LogP contribution in [-0.4, -0.2) is 29.5 Å². The van der Waals surface area contributed by atoms with Crippen molar-refractivity contribution in [3.8, 4) is 0 Å². The summed E-state index contributed by atoms with van der Waals surface area (Å²) in [6.07, 6.45) is 3.95. The zero-order chi connectivity index (χ0) is 13.4. The first-order chi connectivity index (χ1) is 9.19. The largest absolute Gasteiger partial charge is 0.382 e. The Kier molecular flexibility index (Phi) is 3.14. The molecule has 0 radical (unpaired) electrons. The fraction of sp³-hybridized carbons (Fsp3) is 0.571. The van der Waals surface area contributed by atoms with Gasteiger partial charge >= 0.3 is 0 Å². The number of nitro groups is 1. The Hall–Kier alpha value is -1.62. The van der Waals surface area contributed by atoms with Gasteiger partial charge in [0.05, 0.1) is 4.92 Å². The number of rotatable bonds is 4. The molecule has 1 aromatic carbocycles. The summed E-state index contributed by atoms with van der Waals surface area (Å²) in [6.45, 7) is 1.97. The van der Waals surface area contributed by atoms with Gasteiger partial charge in [-0.15, -0.1) is 0 Å². The molecule has 2 unspecified atom stereocenters. The molecule has 1 heterocycles. The van der Waals surface area contributed by atoms with E-state index >= 15 is 0 Å². The number of para-hydroxylation sites is 1. The molecule has 5 nitrogen and oxygen atoms in total. The summed E-state index contributed by atoms with van der Waals surface area (Å²) < 4.78 is 0. The van der Waals surface area contributed by atoms with Gasteiger partial charge in [0.2, 0.25) is 0 Å². The van der Waals surface area contributed by atoms with E-state index in [1.165, 1.54) is 19.3 Å². The summed E-state index contributed by atoms with van der Waals surface area (Å²) >= 11 is 0. The number of benzene rings is 1. The van der Waals surface area contributed by atoms with Crippen LogP contribution in [0.2, 0.25) is 0 Å². The predicted octanol–water partition coefficient (Wildman–Crippen LogP) is 2.62. The lowest BCUT2D eigenvalue weighted by Gasteiger charge is -2.27. The molecule has 1 saturated heterocycles. The van der Waals surface area contributed by atoms with Crippen LogP contribution in [0.15, 0.2) is 18.2 Å². The number of nitrogens with zero attached hydrogens (tertiary/aromatic N) is 2. The van der Waals surface area contributed by atoms with Crippen LogP contribution in [0.5, 0.6) is 0 Å². The van der Waals surface area contributed by atoms with Gasteiger partial charge in [0.1, 0.15) is 5.69 Å². The second kappa shape index (κ2) is 4.81. The van der Waals surface area contributed by atoms with Crippen LogP contribution in [0, 0.1) is 16.0 Å². The molecule has 2 atom stereocenters. The number of fused-ring (bicyclic) bond motifs is 2. The molecule has 19 heavy (non-hydrogen) atoms. The van der Waals surface area contributed by atoms with Gasteiger partial charge in [-0.3, -0.25) is 15.0 Å². The fourth-order valence-electron chi connectivity index (χ4n) is 3.60. The number of likely N-dealkylation sites (tertiary alicyclic amines) is 1. The van der Waals surface area contributed by atoms with Crippen LogP contribution in [0.3, 0.4) is 0 Å². The minimum absolute atomic E-state index is 0.171. The quantitative estimate of drug-likeness (QED) is 0.668. The second-order valence-electron chi connectivity index (χ2n) is 5.58. The average Bonchev–Trinajstić information content (AvgIpc) is 3.00. The summed E-state index contributed by atoms with van der Waals surface area (Å²) in [6, 6.07) is 6.02. The maximum atomic E-state index is 11.0. The number of piperidine rings is 1. The minimum Gasteiger partial charge on any atom is -0.382 e. The van der Waals surface area contributed by atoms with Crippen molar-refractivity contribution >= 4 is 11.4 Å². The van der Waals surface area contributed by atoms with Gasteiger partial charge in [-0.05, 0) is 30.7 Å². The highest BCUT2D eigenvalue weighted by Gasteiger charge is 2.37. The second-order valence-corrected chi connectivity index (χ2v) is 5.58. The standard InChI is InChI=1S/C14H19N3O2/c1-15-14-11(3-2-4-13(14)17(18)19)9-16-8-10-5-6-12(16)7-10/h2-4,10,12,15H,5-9H2,1H3. The molecular formula is C14H19N3O2. The minimum atomic E-state index is -0.314. The molecule has 102 valence electrons. The first-order valence-corrected chi connectivity index (χ1v) is 6.87. The highest BCUT2D eigenvalue weighted by Crippen LogP contribution is 2.39. The molecule has 1 saturated carbocycles. The Morgan fingerprint density at radius 2 is 2.32 bits per heavy atom. The van der Waals surface area contributed by atoms with Gasteiger partial charge in [0, 0.05) is 32.2 Å². The topological polar surface area (TPSA) is 58.4 Å². The zero-order valence-corrected chi connectivity index (χ0v) is 11.1. The van der Waals surface area contributed by atoms with Crippen LogP contribution in [0.25, 0.3) is 0 Å². The molecule has 1 aliphatic carbocycles. The molecular weight excluding hydrogens is 242 g/mol. The van der Waals surface area contributed by atoms with Crippen LogP contribution in [0.4, 0.5) is 11.4 Å². The normalized spacial score (nSPS) is 25.7. The highest BCUT2D eigenvalue weighted by atomic mass is 16.6. The van der Waals surface area contributed by atoms with Gasteiger partial charge in [0.15, 0.2) is 0 Å². The summed E-state index contributed by atoms with van der Waals surface area (Å²) in [5.41, 5.74) is 1.86. The third-order valence-corrected chi connectivity index (χ3v) is 4.47. The lowest BCUT2D eigenvalue weighted by molar-refractivity contribution is -0.384. The van der Waals surface area contributed by atoms with Gasteiger partial charge in [-0.1, -0.05) is 12.1 Å². The number of nitrogens with one attached hydrogen (secondary N) is 1. The molecule has 2 fully saturated rings. The smallest absolute Gasteiger partial charge is 0.292 e. The number of hydrogen-bond acceptors (Lipinski definition) is 4. The molecule has 5 heteroatoms. The number of nitro benzene ring substituents is 1. The van der Waals surface area contributed by atoms with Crippen LogP contribution < -0.4 is 5.32 Å². The van der Waals surface area contributed by atoms with Crippen molar-refractivity contribution in [1.29, 1.82) is 0 Å². The van der Waals surface area contributed by atoms with Crippen LogP contribution in [-0.2, 0) is 6.54 Å². The number of hydrogen-bond donors (Lipinski definition) is 1. The molecule has 1 N–H and O–H groups in total. The van der Waals surface area contributed by atoms with Gasteiger partial charge in [-0.25, -0.2) is 0 Å². The van der Waals surface area contributed by atoms with Crippen LogP contribution in [0.1, 0.15) is 24.8 Å². The van der Waals surface area contributed by atoms with Crippen molar-refractivity contribution in [3.05, 3.63) is 33.9 Å². The summed E-state index contributed by atoms with van der Waals surface area (Å²) in [5.74, 6) is 0.849. The maximum Gasteiger partial charge on any atom is 0.292 e. The monoisotopic (exact) mass is 261 g/mol. The van der Waals surface area contributed by atoms with E-state index in [0.29, 0.717) is 11.7 Å². The molecule has 0 spiro atoms. The highest BCUT2D eigenvalue weighted by molar-refractivity contribution is 5.66. The summed E-state index contributed by atoms with van der Waals surface area (Å²) in [5, 5.41) is 14.0. The Labute approximate surface area is 112 Å². The molecule has 1 aromatic rings. The zero-order valence-electron chi connectivity index (χ0n) is 11.1. The average molecular weight is 261 g/mol. The van der Waals surface area contributed by atoms with E-state index in [4.69, 9.17) is 0 Å². The van der Waals surface area contributed by atoms with Crippen molar-refractivity contribution in [2.45, 2.75) is 31.8 Å².